The molecule has 1 aromatic carbocycles. The maximum Gasteiger partial charge on any atom is 0.341 e. The molecule has 190 valence electrons. The van der Waals surface area contributed by atoms with Crippen LogP contribution in [0.3, 0.4) is 0 Å². The summed E-state index contributed by atoms with van der Waals surface area (Å²) < 4.78 is 12.5. The van der Waals surface area contributed by atoms with E-state index in [0.29, 0.717) is 40.6 Å². The number of amides is 1. The maximum atomic E-state index is 12.9. The lowest BCUT2D eigenvalue weighted by molar-refractivity contribution is -0.113. The van der Waals surface area contributed by atoms with Crippen molar-refractivity contribution in [2.24, 2.45) is 5.92 Å². The van der Waals surface area contributed by atoms with Crippen molar-refractivity contribution < 1.29 is 19.1 Å². The highest BCUT2D eigenvalue weighted by Gasteiger charge is 2.29. The topological polar surface area (TPSA) is 95.3 Å². The van der Waals surface area contributed by atoms with Crippen molar-refractivity contribution in [1.29, 1.82) is 0 Å². The number of nitrogens with one attached hydrogen (secondary N) is 1. The molecule has 1 atom stereocenters. The molecular weight excluding hydrogens is 496 g/mol. The second kappa shape index (κ2) is 11.7. The van der Waals surface area contributed by atoms with Crippen LogP contribution in [0, 0.1) is 5.92 Å². The second-order valence-corrected chi connectivity index (χ2v) is 10.6. The lowest BCUT2D eigenvalue weighted by atomic mass is 9.88. The van der Waals surface area contributed by atoms with Gasteiger partial charge in [0, 0.05) is 17.0 Å². The van der Waals surface area contributed by atoms with Crippen LogP contribution < -0.4 is 10.1 Å². The van der Waals surface area contributed by atoms with Crippen molar-refractivity contribution in [3.05, 3.63) is 52.9 Å². The Kier molecular flexibility index (Phi) is 8.48. The number of carbonyl (C=O) groups is 2. The van der Waals surface area contributed by atoms with Crippen molar-refractivity contribution in [2.45, 2.75) is 44.8 Å². The number of thiophene rings is 1. The van der Waals surface area contributed by atoms with Gasteiger partial charge in [0.05, 0.1) is 25.0 Å². The number of esters is 1. The summed E-state index contributed by atoms with van der Waals surface area (Å²) >= 11 is 2.78. The summed E-state index contributed by atoms with van der Waals surface area (Å²) in [5.41, 5.74) is 2.42. The molecule has 0 fully saturated rings. The zero-order valence-electron chi connectivity index (χ0n) is 20.7. The molecule has 0 bridgehead atoms. The number of aromatic nitrogens is 3. The summed E-state index contributed by atoms with van der Waals surface area (Å²) in [6, 6.07) is 7.57. The highest BCUT2D eigenvalue weighted by Crippen LogP contribution is 2.40. The molecule has 10 heteroatoms. The van der Waals surface area contributed by atoms with Crippen LogP contribution in [0.15, 0.2) is 42.1 Å². The van der Waals surface area contributed by atoms with Crippen LogP contribution in [0.2, 0.25) is 0 Å². The summed E-state index contributed by atoms with van der Waals surface area (Å²) in [7, 11) is 1.62. The fraction of sp³-hybridized carbons (Fsp3) is 0.385. The molecule has 0 aliphatic heterocycles. The predicted octanol–water partition coefficient (Wildman–Crippen LogP) is 5.23. The van der Waals surface area contributed by atoms with Crippen molar-refractivity contribution in [2.75, 3.05) is 24.8 Å². The van der Waals surface area contributed by atoms with Gasteiger partial charge in [-0.2, -0.15) is 0 Å². The Balaban J connectivity index is 1.50. The number of methoxy groups -OCH3 is 1. The predicted molar refractivity (Wildman–Crippen MR) is 143 cm³/mol. The molecule has 1 N–H and O–H groups in total. The molecule has 0 spiro atoms. The summed E-state index contributed by atoms with van der Waals surface area (Å²) in [6.45, 7) is 8.63. The van der Waals surface area contributed by atoms with Crippen molar-refractivity contribution in [3.8, 4) is 17.1 Å². The van der Waals surface area contributed by atoms with Crippen LogP contribution in [0.25, 0.3) is 11.4 Å². The van der Waals surface area contributed by atoms with Gasteiger partial charge in [-0.3, -0.25) is 9.36 Å². The third kappa shape index (κ3) is 5.65. The van der Waals surface area contributed by atoms with Gasteiger partial charge in [0.2, 0.25) is 5.91 Å². The van der Waals surface area contributed by atoms with E-state index in [0.717, 1.165) is 41.0 Å². The van der Waals surface area contributed by atoms with E-state index in [1.807, 2.05) is 28.8 Å². The normalized spacial score (nSPS) is 14.7. The Hall–Kier alpha value is -3.11. The number of allylic oxidation sites excluding steroid dienone is 1. The van der Waals surface area contributed by atoms with E-state index in [2.05, 4.69) is 29.0 Å². The fourth-order valence-corrected chi connectivity index (χ4v) is 6.36. The van der Waals surface area contributed by atoms with Crippen molar-refractivity contribution >= 4 is 40.0 Å². The number of benzene rings is 1. The van der Waals surface area contributed by atoms with Crippen LogP contribution in [-0.2, 0) is 28.9 Å². The average Bonchev–Trinajstić information content (AvgIpc) is 3.43. The number of fused-ring (bicyclic) bond motifs is 1. The monoisotopic (exact) mass is 526 g/mol. The molecule has 1 aliphatic carbocycles. The number of hydrogen-bond donors (Lipinski definition) is 1. The summed E-state index contributed by atoms with van der Waals surface area (Å²) in [5.74, 6) is 1.54. The number of anilines is 1. The van der Waals surface area contributed by atoms with Crippen LogP contribution in [0.1, 0.15) is 41.1 Å². The molecule has 3 aromatic rings. The van der Waals surface area contributed by atoms with E-state index in [4.69, 9.17) is 9.47 Å². The number of ether oxygens (including phenoxy) is 2. The molecule has 0 saturated carbocycles. The quantitative estimate of drug-likeness (QED) is 0.219. The highest BCUT2D eigenvalue weighted by molar-refractivity contribution is 7.99. The first-order chi connectivity index (χ1) is 17.4. The molecule has 2 heterocycles. The van der Waals surface area contributed by atoms with Gasteiger partial charge in [-0.15, -0.1) is 28.1 Å². The lowest BCUT2D eigenvalue weighted by Crippen LogP contribution is -2.18. The molecule has 8 nitrogen and oxygen atoms in total. The Morgan fingerprint density at radius 1 is 1.31 bits per heavy atom. The Labute approximate surface area is 219 Å². The van der Waals surface area contributed by atoms with Crippen molar-refractivity contribution in [1.82, 2.24) is 14.8 Å². The molecule has 36 heavy (non-hydrogen) atoms. The molecular formula is C26H30N4O4S2. The molecule has 0 radical (unpaired) electrons. The zero-order chi connectivity index (χ0) is 25.7. The van der Waals surface area contributed by atoms with Gasteiger partial charge in [-0.1, -0.05) is 24.8 Å². The van der Waals surface area contributed by atoms with E-state index in [1.165, 1.54) is 23.1 Å². The summed E-state index contributed by atoms with van der Waals surface area (Å²) in [5, 5.41) is 12.8. The van der Waals surface area contributed by atoms with Gasteiger partial charge in [0.1, 0.15) is 10.8 Å². The number of thioether (sulfide) groups is 1. The van der Waals surface area contributed by atoms with E-state index in [1.54, 1.807) is 20.1 Å². The molecule has 0 saturated heterocycles. The molecule has 1 aliphatic rings. The number of carbonyl (C=O) groups excluding carboxylic acids is 2. The summed E-state index contributed by atoms with van der Waals surface area (Å²) in [6.07, 6.45) is 4.53. The Bertz CT molecular complexity index is 1250. The van der Waals surface area contributed by atoms with E-state index in [9.17, 15) is 9.59 Å². The molecule has 1 unspecified atom stereocenters. The van der Waals surface area contributed by atoms with Gasteiger partial charge in [0.25, 0.3) is 0 Å². The second-order valence-electron chi connectivity index (χ2n) is 8.55. The Morgan fingerprint density at radius 2 is 2.08 bits per heavy atom. The van der Waals surface area contributed by atoms with E-state index >= 15 is 0 Å². The number of rotatable bonds is 10. The zero-order valence-corrected chi connectivity index (χ0v) is 22.3. The minimum Gasteiger partial charge on any atom is -0.497 e. The standard InChI is InChI=1S/C26H30N4O4S2/c1-5-13-30-23(17-8-10-18(33-4)11-9-17)28-29-26(30)35-15-21(31)27-24-22(25(32)34-6-2)19-12-7-16(3)14-20(19)36-24/h5,8-11,16H,1,6-7,12-15H2,2-4H3,(H,27,31). The third-order valence-electron chi connectivity index (χ3n) is 5.95. The van der Waals surface area contributed by atoms with Crippen LogP contribution in [0.5, 0.6) is 5.75 Å². The number of hydrogen-bond acceptors (Lipinski definition) is 8. The van der Waals surface area contributed by atoms with E-state index < -0.39 is 0 Å². The minimum absolute atomic E-state index is 0.124. The first kappa shape index (κ1) is 26.0. The third-order valence-corrected chi connectivity index (χ3v) is 8.09. The van der Waals surface area contributed by atoms with Gasteiger partial charge < -0.3 is 14.8 Å². The minimum atomic E-state index is -0.373. The van der Waals surface area contributed by atoms with Gasteiger partial charge >= 0.3 is 5.97 Å². The lowest BCUT2D eigenvalue weighted by Gasteiger charge is -2.18. The maximum absolute atomic E-state index is 12.9. The van der Waals surface area contributed by atoms with E-state index in [-0.39, 0.29) is 17.6 Å². The molecule has 4 rings (SSSR count). The first-order valence-electron chi connectivity index (χ1n) is 11.9. The van der Waals surface area contributed by atoms with Gasteiger partial charge in [0.15, 0.2) is 11.0 Å². The highest BCUT2D eigenvalue weighted by atomic mass is 32.2. The van der Waals surface area contributed by atoms with Crippen LogP contribution in [-0.4, -0.2) is 46.1 Å². The fourth-order valence-electron chi connectivity index (χ4n) is 4.19. The number of nitrogens with zero attached hydrogens (tertiary/aromatic N) is 3. The smallest absolute Gasteiger partial charge is 0.341 e. The van der Waals surface area contributed by atoms with Gasteiger partial charge in [-0.25, -0.2) is 4.79 Å². The largest absolute Gasteiger partial charge is 0.497 e. The first-order valence-corrected chi connectivity index (χ1v) is 13.7. The Morgan fingerprint density at radius 3 is 2.78 bits per heavy atom. The average molecular weight is 527 g/mol. The van der Waals surface area contributed by atoms with Crippen molar-refractivity contribution in [3.63, 3.8) is 0 Å². The van der Waals surface area contributed by atoms with Crippen LogP contribution in [0.4, 0.5) is 5.00 Å². The molecule has 2 aromatic heterocycles. The SMILES string of the molecule is C=CCn1c(SCC(=O)Nc2sc3c(c2C(=O)OCC)CCC(C)C3)nnc1-c1ccc(OC)cc1. The van der Waals surface area contributed by atoms with Gasteiger partial charge in [-0.05, 0) is 61.9 Å². The summed E-state index contributed by atoms with van der Waals surface area (Å²) in [4.78, 5) is 26.8. The van der Waals surface area contributed by atoms with Crippen LogP contribution >= 0.6 is 23.1 Å². The molecule has 1 amide bonds.